The molecule has 12 heavy (non-hydrogen) atoms. The van der Waals surface area contributed by atoms with Gasteiger partial charge in [-0.3, -0.25) is 0 Å². The van der Waals surface area contributed by atoms with Gasteiger partial charge in [0.15, 0.2) is 8.38 Å². The lowest BCUT2D eigenvalue weighted by atomic mass is 10.4. The summed E-state index contributed by atoms with van der Waals surface area (Å²) in [6.07, 6.45) is 2.78. The van der Waals surface area contributed by atoms with E-state index in [9.17, 15) is 0 Å². The maximum Gasteiger partial charge on any atom is 0.170 e. The summed E-state index contributed by atoms with van der Waals surface area (Å²) >= 11 is 0. The fraction of sp³-hybridized carbons (Fsp3) is 1.00. The molecular formula is C8H19O3P. The van der Waals surface area contributed by atoms with Crippen LogP contribution in [0.25, 0.3) is 0 Å². The van der Waals surface area contributed by atoms with Crippen LogP contribution in [-0.4, -0.2) is 31.1 Å². The molecule has 0 heterocycles. The van der Waals surface area contributed by atoms with E-state index in [-0.39, 0.29) is 6.61 Å². The Morgan fingerprint density at radius 1 is 1.08 bits per heavy atom. The van der Waals surface area contributed by atoms with Crippen LogP contribution >= 0.6 is 8.38 Å². The van der Waals surface area contributed by atoms with Crippen molar-refractivity contribution in [2.24, 2.45) is 0 Å². The van der Waals surface area contributed by atoms with Gasteiger partial charge >= 0.3 is 0 Å². The molecule has 1 N–H and O–H groups in total. The predicted octanol–water partition coefficient (Wildman–Crippen LogP) is 2.14. The van der Waals surface area contributed by atoms with E-state index in [1.165, 1.54) is 0 Å². The highest BCUT2D eigenvalue weighted by Crippen LogP contribution is 2.38. The van der Waals surface area contributed by atoms with E-state index >= 15 is 0 Å². The largest absolute Gasteiger partial charge is 0.396 e. The Kier molecular flexibility index (Phi) is 9.64. The monoisotopic (exact) mass is 194 g/mol. The summed E-state index contributed by atoms with van der Waals surface area (Å²) in [5.41, 5.74) is 0. The summed E-state index contributed by atoms with van der Waals surface area (Å²) in [6.45, 7) is 5.64. The number of aliphatic hydroxyl groups is 1. The van der Waals surface area contributed by atoms with E-state index in [1.807, 2.05) is 13.8 Å². The minimum Gasteiger partial charge on any atom is -0.396 e. The molecule has 0 aliphatic heterocycles. The third-order valence-electron chi connectivity index (χ3n) is 1.29. The number of hydrogen-bond donors (Lipinski definition) is 1. The lowest BCUT2D eigenvalue weighted by Crippen LogP contribution is -1.96. The summed E-state index contributed by atoms with van der Waals surface area (Å²) in [6, 6.07) is 0. The van der Waals surface area contributed by atoms with Crippen molar-refractivity contribution in [2.75, 3.05) is 26.0 Å². The number of aliphatic hydroxyl groups excluding tert-OH is 1. The molecule has 0 aromatic heterocycles. The van der Waals surface area contributed by atoms with Crippen molar-refractivity contribution in [3.05, 3.63) is 0 Å². The van der Waals surface area contributed by atoms with Gasteiger partial charge in [0.05, 0.1) is 13.2 Å². The summed E-state index contributed by atoms with van der Waals surface area (Å²) in [7, 11) is -0.684. The van der Waals surface area contributed by atoms with Crippen LogP contribution in [-0.2, 0) is 9.05 Å². The second-order valence-corrected chi connectivity index (χ2v) is 3.95. The molecule has 0 radical (unpaired) electrons. The lowest BCUT2D eigenvalue weighted by Gasteiger charge is -2.14. The Balaban J connectivity index is 3.34. The zero-order valence-electron chi connectivity index (χ0n) is 7.95. The quantitative estimate of drug-likeness (QED) is 0.475. The topological polar surface area (TPSA) is 38.7 Å². The van der Waals surface area contributed by atoms with E-state index in [0.29, 0.717) is 13.2 Å². The summed E-state index contributed by atoms with van der Waals surface area (Å²) < 4.78 is 10.8. The van der Waals surface area contributed by atoms with Crippen LogP contribution in [0, 0.1) is 0 Å². The van der Waals surface area contributed by atoms with E-state index in [4.69, 9.17) is 14.2 Å². The van der Waals surface area contributed by atoms with Crippen LogP contribution < -0.4 is 0 Å². The Labute approximate surface area is 76.0 Å². The van der Waals surface area contributed by atoms with E-state index in [2.05, 4.69) is 0 Å². The van der Waals surface area contributed by atoms with Gasteiger partial charge in [0.2, 0.25) is 0 Å². The maximum atomic E-state index is 8.56. The molecule has 0 aliphatic rings. The maximum absolute atomic E-state index is 8.56. The predicted molar refractivity (Wildman–Crippen MR) is 51.4 cm³/mol. The van der Waals surface area contributed by atoms with Gasteiger partial charge in [-0.2, -0.15) is 0 Å². The Hall–Kier alpha value is 0.310. The van der Waals surface area contributed by atoms with Crippen molar-refractivity contribution < 1.29 is 14.2 Å². The number of hydrogen-bond acceptors (Lipinski definition) is 3. The highest BCUT2D eigenvalue weighted by Gasteiger charge is 2.07. The van der Waals surface area contributed by atoms with E-state index in [0.717, 1.165) is 19.0 Å². The fourth-order valence-corrected chi connectivity index (χ4v) is 2.20. The molecule has 0 aromatic carbocycles. The van der Waals surface area contributed by atoms with Gasteiger partial charge in [-0.05, 0) is 26.7 Å². The van der Waals surface area contributed by atoms with Crippen molar-refractivity contribution in [3.8, 4) is 0 Å². The molecule has 0 spiro atoms. The highest BCUT2D eigenvalue weighted by molar-refractivity contribution is 7.47. The second kappa shape index (κ2) is 9.40. The minimum absolute atomic E-state index is 0.265. The van der Waals surface area contributed by atoms with Gasteiger partial charge in [0.25, 0.3) is 0 Å². The van der Waals surface area contributed by atoms with Gasteiger partial charge < -0.3 is 14.2 Å². The molecule has 0 unspecified atom stereocenters. The second-order valence-electron chi connectivity index (χ2n) is 2.32. The highest BCUT2D eigenvalue weighted by atomic mass is 31.2. The molecule has 0 saturated heterocycles. The zero-order valence-corrected chi connectivity index (χ0v) is 8.85. The molecule has 0 aromatic rings. The third kappa shape index (κ3) is 6.99. The van der Waals surface area contributed by atoms with Crippen LogP contribution in [0.15, 0.2) is 0 Å². The molecule has 0 rings (SSSR count). The van der Waals surface area contributed by atoms with Gasteiger partial charge in [0, 0.05) is 12.8 Å². The first-order chi connectivity index (χ1) is 5.85. The van der Waals surface area contributed by atoms with Crippen LogP contribution in [0.3, 0.4) is 0 Å². The molecule has 4 heteroatoms. The molecule has 74 valence electrons. The van der Waals surface area contributed by atoms with E-state index in [1.54, 1.807) is 0 Å². The average Bonchev–Trinajstić information content (AvgIpc) is 2.06. The number of unbranched alkanes of at least 4 members (excludes halogenated alkanes) is 1. The number of rotatable bonds is 8. The molecular weight excluding hydrogens is 175 g/mol. The first-order valence-electron chi connectivity index (χ1n) is 4.49. The molecule has 0 saturated carbocycles. The van der Waals surface area contributed by atoms with Crippen molar-refractivity contribution >= 4 is 8.38 Å². The molecule has 0 amide bonds. The van der Waals surface area contributed by atoms with Gasteiger partial charge in [-0.15, -0.1) is 0 Å². The van der Waals surface area contributed by atoms with Gasteiger partial charge in [-0.25, -0.2) is 0 Å². The van der Waals surface area contributed by atoms with Crippen molar-refractivity contribution in [1.82, 2.24) is 0 Å². The smallest absolute Gasteiger partial charge is 0.170 e. The Morgan fingerprint density at radius 3 is 2.08 bits per heavy atom. The van der Waals surface area contributed by atoms with Crippen molar-refractivity contribution in [2.45, 2.75) is 26.7 Å². The summed E-state index contributed by atoms with van der Waals surface area (Å²) in [5, 5.41) is 8.56. The van der Waals surface area contributed by atoms with Crippen LogP contribution in [0.1, 0.15) is 26.7 Å². The van der Waals surface area contributed by atoms with E-state index < -0.39 is 8.38 Å². The molecule has 0 fully saturated rings. The first-order valence-corrected chi connectivity index (χ1v) is 5.85. The van der Waals surface area contributed by atoms with Crippen LogP contribution in [0.2, 0.25) is 0 Å². The first kappa shape index (κ1) is 12.3. The Morgan fingerprint density at radius 2 is 1.67 bits per heavy atom. The summed E-state index contributed by atoms with van der Waals surface area (Å²) in [4.78, 5) is 0. The molecule has 0 bridgehead atoms. The fourth-order valence-electron chi connectivity index (χ4n) is 0.807. The van der Waals surface area contributed by atoms with Gasteiger partial charge in [0.1, 0.15) is 0 Å². The normalized spacial score (nSPS) is 11.0. The lowest BCUT2D eigenvalue weighted by molar-refractivity contribution is 0.264. The van der Waals surface area contributed by atoms with Gasteiger partial charge in [-0.1, -0.05) is 0 Å². The Bertz CT molecular complexity index is 84.4. The average molecular weight is 194 g/mol. The van der Waals surface area contributed by atoms with Crippen LogP contribution in [0.5, 0.6) is 0 Å². The standard InChI is InChI=1S/C8H19O3P/c1-3-10-12(11-4-2)8-6-5-7-9/h9H,3-8H2,1-2H3. The SMILES string of the molecule is CCOP(CCCCO)OCC. The minimum atomic E-state index is -0.684. The van der Waals surface area contributed by atoms with Crippen molar-refractivity contribution in [3.63, 3.8) is 0 Å². The zero-order chi connectivity index (χ0) is 9.23. The van der Waals surface area contributed by atoms with Crippen molar-refractivity contribution in [1.29, 1.82) is 0 Å². The molecule has 3 nitrogen and oxygen atoms in total. The summed E-state index contributed by atoms with van der Waals surface area (Å²) in [5.74, 6) is 0. The molecule has 0 atom stereocenters. The van der Waals surface area contributed by atoms with Crippen LogP contribution in [0.4, 0.5) is 0 Å². The molecule has 0 aliphatic carbocycles. The third-order valence-corrected chi connectivity index (χ3v) is 3.07.